The fraction of sp³-hybridized carbons (Fsp3) is 0.818. The van der Waals surface area contributed by atoms with Crippen molar-refractivity contribution in [1.29, 1.82) is 0 Å². The average molecular weight is 274 g/mol. The van der Waals surface area contributed by atoms with Crippen molar-refractivity contribution in [2.45, 2.75) is 13.1 Å². The number of aromatic nitrogens is 3. The van der Waals surface area contributed by atoms with Crippen LogP contribution in [0.15, 0.2) is 6.20 Å². The van der Waals surface area contributed by atoms with Crippen LogP contribution >= 0.6 is 0 Å². The monoisotopic (exact) mass is 274 g/mol. The Hall–Kier alpha value is -1.06. The summed E-state index contributed by atoms with van der Waals surface area (Å²) < 4.78 is 17.4. The Labute approximate surface area is 112 Å². The molecule has 0 radical (unpaired) electrons. The molecule has 0 saturated heterocycles. The van der Waals surface area contributed by atoms with E-state index in [-0.39, 0.29) is 6.61 Å². The van der Waals surface area contributed by atoms with Crippen molar-refractivity contribution in [1.82, 2.24) is 15.0 Å². The van der Waals surface area contributed by atoms with Crippen molar-refractivity contribution in [3.63, 3.8) is 0 Å². The van der Waals surface area contributed by atoms with E-state index in [4.69, 9.17) is 25.1 Å². The summed E-state index contributed by atoms with van der Waals surface area (Å²) in [5.41, 5.74) is 6.20. The standard InChI is InChI=1S/C11H22N4O4/c12-9-11-10-15(14-13-11)1-3-17-5-7-19-8-6-18-4-2-16/h10,16H,1-9,12H2. The maximum atomic E-state index is 8.47. The summed E-state index contributed by atoms with van der Waals surface area (Å²) >= 11 is 0. The van der Waals surface area contributed by atoms with Crippen LogP contribution in [0.2, 0.25) is 0 Å². The molecule has 8 heteroatoms. The molecule has 0 unspecified atom stereocenters. The van der Waals surface area contributed by atoms with Crippen LogP contribution in [0, 0.1) is 0 Å². The van der Waals surface area contributed by atoms with Gasteiger partial charge in [0.25, 0.3) is 0 Å². The van der Waals surface area contributed by atoms with Gasteiger partial charge in [-0.05, 0) is 0 Å². The molecule has 1 aromatic rings. The van der Waals surface area contributed by atoms with Crippen molar-refractivity contribution in [3.8, 4) is 0 Å². The van der Waals surface area contributed by atoms with E-state index in [1.165, 1.54) is 0 Å². The highest BCUT2D eigenvalue weighted by atomic mass is 16.5. The Morgan fingerprint density at radius 1 is 1.05 bits per heavy atom. The van der Waals surface area contributed by atoms with Gasteiger partial charge in [-0.25, -0.2) is 4.68 Å². The summed E-state index contributed by atoms with van der Waals surface area (Å²) in [7, 11) is 0. The molecule has 0 aliphatic carbocycles. The highest BCUT2D eigenvalue weighted by Crippen LogP contribution is 1.91. The molecule has 0 atom stereocenters. The molecule has 0 aliphatic heterocycles. The summed E-state index contributed by atoms with van der Waals surface area (Å²) in [6.45, 7) is 4.03. The molecule has 1 heterocycles. The third-order valence-corrected chi connectivity index (χ3v) is 2.24. The van der Waals surface area contributed by atoms with Crippen molar-refractivity contribution >= 4 is 0 Å². The second-order valence-corrected chi connectivity index (χ2v) is 3.74. The van der Waals surface area contributed by atoms with Crippen LogP contribution in [0.25, 0.3) is 0 Å². The zero-order valence-corrected chi connectivity index (χ0v) is 11.0. The molecule has 3 N–H and O–H groups in total. The molecule has 1 rings (SSSR count). The van der Waals surface area contributed by atoms with Crippen LogP contribution < -0.4 is 5.73 Å². The first-order chi connectivity index (χ1) is 9.36. The second-order valence-electron chi connectivity index (χ2n) is 3.74. The van der Waals surface area contributed by atoms with E-state index < -0.39 is 0 Å². The molecular weight excluding hydrogens is 252 g/mol. The lowest BCUT2D eigenvalue weighted by atomic mass is 10.5. The smallest absolute Gasteiger partial charge is 0.0962 e. The van der Waals surface area contributed by atoms with E-state index in [0.717, 1.165) is 5.69 Å². The number of nitrogens with two attached hydrogens (primary N) is 1. The summed E-state index contributed by atoms with van der Waals surface area (Å²) in [6, 6.07) is 0. The number of hydrogen-bond donors (Lipinski definition) is 2. The van der Waals surface area contributed by atoms with E-state index in [0.29, 0.717) is 52.7 Å². The summed E-state index contributed by atoms with van der Waals surface area (Å²) in [5, 5.41) is 16.2. The molecule has 1 aromatic heterocycles. The lowest BCUT2D eigenvalue weighted by Gasteiger charge is -2.06. The third-order valence-electron chi connectivity index (χ3n) is 2.24. The first-order valence-corrected chi connectivity index (χ1v) is 6.30. The molecule has 8 nitrogen and oxygen atoms in total. The topological polar surface area (TPSA) is 105 Å². The van der Waals surface area contributed by atoms with Gasteiger partial charge in [0.05, 0.1) is 58.5 Å². The SMILES string of the molecule is NCc1cn(CCOCCOCCOCCO)nn1. The third kappa shape index (κ3) is 7.85. The molecule has 0 amide bonds. The molecule has 0 spiro atoms. The van der Waals surface area contributed by atoms with E-state index in [2.05, 4.69) is 10.3 Å². The van der Waals surface area contributed by atoms with Gasteiger partial charge in [-0.3, -0.25) is 0 Å². The first kappa shape index (κ1) is 16.0. The second kappa shape index (κ2) is 10.8. The molecule has 0 bridgehead atoms. The van der Waals surface area contributed by atoms with Gasteiger partial charge in [-0.15, -0.1) is 5.10 Å². The Kier molecular flexibility index (Phi) is 9.11. The lowest BCUT2D eigenvalue weighted by molar-refractivity contribution is 0.00628. The van der Waals surface area contributed by atoms with E-state index in [1.54, 1.807) is 10.9 Å². The van der Waals surface area contributed by atoms with Gasteiger partial charge in [0, 0.05) is 12.7 Å². The Morgan fingerprint density at radius 2 is 1.68 bits per heavy atom. The van der Waals surface area contributed by atoms with E-state index >= 15 is 0 Å². The number of hydrogen-bond acceptors (Lipinski definition) is 7. The molecule has 0 fully saturated rings. The molecule has 0 saturated carbocycles. The quantitative estimate of drug-likeness (QED) is 0.460. The number of rotatable bonds is 12. The number of aliphatic hydroxyl groups is 1. The van der Waals surface area contributed by atoms with Crippen LogP contribution in [0.4, 0.5) is 0 Å². The Morgan fingerprint density at radius 3 is 2.26 bits per heavy atom. The van der Waals surface area contributed by atoms with Crippen molar-refractivity contribution in [2.24, 2.45) is 5.73 Å². The molecule has 110 valence electrons. The van der Waals surface area contributed by atoms with Gasteiger partial charge < -0.3 is 25.1 Å². The van der Waals surface area contributed by atoms with Gasteiger partial charge in [0.1, 0.15) is 0 Å². The van der Waals surface area contributed by atoms with Crippen LogP contribution in [-0.2, 0) is 27.3 Å². The first-order valence-electron chi connectivity index (χ1n) is 6.30. The zero-order valence-electron chi connectivity index (χ0n) is 11.0. The van der Waals surface area contributed by atoms with Crippen LogP contribution in [-0.4, -0.2) is 66.3 Å². The Balaban J connectivity index is 1.86. The van der Waals surface area contributed by atoms with Gasteiger partial charge in [-0.2, -0.15) is 0 Å². The fourth-order valence-electron chi connectivity index (χ4n) is 1.31. The minimum atomic E-state index is 0.0390. The predicted molar refractivity (Wildman–Crippen MR) is 67.5 cm³/mol. The minimum Gasteiger partial charge on any atom is -0.394 e. The number of ether oxygens (including phenoxy) is 3. The van der Waals surface area contributed by atoms with Gasteiger partial charge in [0.2, 0.25) is 0 Å². The summed E-state index contributed by atoms with van der Waals surface area (Å²) in [5.74, 6) is 0. The maximum absolute atomic E-state index is 8.47. The number of aliphatic hydroxyl groups excluding tert-OH is 1. The van der Waals surface area contributed by atoms with Gasteiger partial charge >= 0.3 is 0 Å². The predicted octanol–water partition coefficient (Wildman–Crippen LogP) is -1.22. The van der Waals surface area contributed by atoms with E-state index in [1.807, 2.05) is 0 Å². The maximum Gasteiger partial charge on any atom is 0.0962 e. The average Bonchev–Trinajstić information content (AvgIpc) is 2.89. The molecule has 0 aliphatic rings. The molecular formula is C11H22N4O4. The normalized spacial score (nSPS) is 11.1. The minimum absolute atomic E-state index is 0.0390. The lowest BCUT2D eigenvalue weighted by Crippen LogP contribution is -2.13. The largest absolute Gasteiger partial charge is 0.394 e. The Bertz CT molecular complexity index is 321. The van der Waals surface area contributed by atoms with Crippen LogP contribution in [0.1, 0.15) is 5.69 Å². The van der Waals surface area contributed by atoms with Gasteiger partial charge in [0.15, 0.2) is 0 Å². The van der Waals surface area contributed by atoms with Crippen LogP contribution in [0.3, 0.4) is 0 Å². The van der Waals surface area contributed by atoms with Crippen molar-refractivity contribution < 1.29 is 19.3 Å². The van der Waals surface area contributed by atoms with Gasteiger partial charge in [-0.1, -0.05) is 5.21 Å². The van der Waals surface area contributed by atoms with Crippen molar-refractivity contribution in [2.75, 3.05) is 46.2 Å². The highest BCUT2D eigenvalue weighted by Gasteiger charge is 1.98. The highest BCUT2D eigenvalue weighted by molar-refractivity contribution is 4.90. The van der Waals surface area contributed by atoms with Crippen molar-refractivity contribution in [3.05, 3.63) is 11.9 Å². The summed E-state index contributed by atoms with van der Waals surface area (Å²) in [6.07, 6.45) is 1.80. The molecule has 19 heavy (non-hydrogen) atoms. The van der Waals surface area contributed by atoms with E-state index in [9.17, 15) is 0 Å². The summed E-state index contributed by atoms with van der Waals surface area (Å²) in [4.78, 5) is 0. The molecule has 0 aromatic carbocycles. The zero-order chi connectivity index (χ0) is 13.8. The number of nitrogens with zero attached hydrogens (tertiary/aromatic N) is 3. The fourth-order valence-corrected chi connectivity index (χ4v) is 1.31. The van der Waals surface area contributed by atoms with Crippen LogP contribution in [0.5, 0.6) is 0 Å².